The van der Waals surface area contributed by atoms with Gasteiger partial charge in [0.15, 0.2) is 9.84 Å². The van der Waals surface area contributed by atoms with Gasteiger partial charge in [0.2, 0.25) is 5.89 Å². The van der Waals surface area contributed by atoms with Gasteiger partial charge < -0.3 is 9.73 Å². The van der Waals surface area contributed by atoms with E-state index in [0.29, 0.717) is 35.6 Å². The zero-order valence-electron chi connectivity index (χ0n) is 10.8. The van der Waals surface area contributed by atoms with Crippen molar-refractivity contribution >= 4 is 27.5 Å². The molecule has 6 nitrogen and oxygen atoms in total. The summed E-state index contributed by atoms with van der Waals surface area (Å²) >= 11 is 5.57. The van der Waals surface area contributed by atoms with Crippen molar-refractivity contribution < 1.29 is 12.8 Å². The lowest BCUT2D eigenvalue weighted by atomic mass is 10.2. The highest BCUT2D eigenvalue weighted by molar-refractivity contribution is 7.90. The standard InChI is InChI=1S/C12H14ClN3O3S/c1-20(17,18)10-4-2-9(3-5-10)8-14-12-16-15-11(19-12)6-7-13/h2-5H,6-8H2,1H3,(H,14,16). The van der Waals surface area contributed by atoms with Gasteiger partial charge in [-0.15, -0.1) is 16.7 Å². The van der Waals surface area contributed by atoms with E-state index in [0.717, 1.165) is 5.56 Å². The number of alkyl halides is 1. The summed E-state index contributed by atoms with van der Waals surface area (Å²) in [5, 5.41) is 10.6. The van der Waals surface area contributed by atoms with Crippen LogP contribution in [-0.4, -0.2) is 30.8 Å². The second kappa shape index (κ2) is 6.23. The SMILES string of the molecule is CS(=O)(=O)c1ccc(CNc2nnc(CCCl)o2)cc1. The quantitative estimate of drug-likeness (QED) is 0.819. The largest absolute Gasteiger partial charge is 0.408 e. The fraction of sp³-hybridized carbons (Fsp3) is 0.333. The molecule has 1 heterocycles. The molecule has 0 aliphatic rings. The van der Waals surface area contributed by atoms with E-state index in [1.54, 1.807) is 24.3 Å². The van der Waals surface area contributed by atoms with E-state index in [9.17, 15) is 8.42 Å². The van der Waals surface area contributed by atoms with Crippen molar-refractivity contribution in [3.05, 3.63) is 35.7 Å². The Kier molecular flexibility index (Phi) is 4.61. The summed E-state index contributed by atoms with van der Waals surface area (Å²) < 4.78 is 28.0. The number of benzene rings is 1. The molecule has 1 aromatic heterocycles. The monoisotopic (exact) mass is 315 g/mol. The summed E-state index contributed by atoms with van der Waals surface area (Å²) in [4.78, 5) is 0.295. The van der Waals surface area contributed by atoms with Crippen molar-refractivity contribution in [2.45, 2.75) is 17.9 Å². The van der Waals surface area contributed by atoms with Crippen LogP contribution < -0.4 is 5.32 Å². The van der Waals surface area contributed by atoms with Crippen LogP contribution in [0.25, 0.3) is 0 Å². The molecule has 1 aromatic carbocycles. The maximum atomic E-state index is 11.3. The van der Waals surface area contributed by atoms with Crippen molar-refractivity contribution in [1.29, 1.82) is 0 Å². The highest BCUT2D eigenvalue weighted by Gasteiger charge is 2.07. The third-order valence-electron chi connectivity index (χ3n) is 2.57. The lowest BCUT2D eigenvalue weighted by Crippen LogP contribution is -2.01. The summed E-state index contributed by atoms with van der Waals surface area (Å²) in [6, 6.07) is 6.93. The first-order valence-electron chi connectivity index (χ1n) is 5.90. The molecule has 0 spiro atoms. The normalized spacial score (nSPS) is 11.5. The molecule has 0 aliphatic heterocycles. The summed E-state index contributed by atoms with van der Waals surface area (Å²) in [6.07, 6.45) is 1.70. The van der Waals surface area contributed by atoms with Gasteiger partial charge in [0.25, 0.3) is 0 Å². The first-order chi connectivity index (χ1) is 9.49. The average molecular weight is 316 g/mol. The maximum absolute atomic E-state index is 11.3. The minimum Gasteiger partial charge on any atom is -0.408 e. The fourth-order valence-corrected chi connectivity index (χ4v) is 2.33. The number of rotatable bonds is 6. The predicted molar refractivity (Wildman–Crippen MR) is 75.6 cm³/mol. The first kappa shape index (κ1) is 14.8. The number of sulfone groups is 1. The van der Waals surface area contributed by atoms with Crippen LogP contribution in [0.3, 0.4) is 0 Å². The molecule has 108 valence electrons. The van der Waals surface area contributed by atoms with E-state index in [-0.39, 0.29) is 0 Å². The molecule has 0 unspecified atom stereocenters. The highest BCUT2D eigenvalue weighted by Crippen LogP contribution is 2.12. The van der Waals surface area contributed by atoms with Gasteiger partial charge in [0, 0.05) is 25.1 Å². The van der Waals surface area contributed by atoms with Gasteiger partial charge >= 0.3 is 6.01 Å². The predicted octanol–water partition coefficient (Wildman–Crippen LogP) is 1.87. The molecule has 2 rings (SSSR count). The van der Waals surface area contributed by atoms with Crippen LogP contribution >= 0.6 is 11.6 Å². The number of aryl methyl sites for hydroxylation is 1. The van der Waals surface area contributed by atoms with Gasteiger partial charge in [-0.2, -0.15) is 0 Å². The van der Waals surface area contributed by atoms with Crippen molar-refractivity contribution in [3.63, 3.8) is 0 Å². The number of anilines is 1. The van der Waals surface area contributed by atoms with Gasteiger partial charge in [-0.25, -0.2) is 8.42 Å². The van der Waals surface area contributed by atoms with Crippen LogP contribution in [0.4, 0.5) is 6.01 Å². The van der Waals surface area contributed by atoms with Gasteiger partial charge in [0.05, 0.1) is 4.90 Å². The molecular formula is C12H14ClN3O3S. The molecule has 0 radical (unpaired) electrons. The van der Waals surface area contributed by atoms with Crippen LogP contribution in [0.15, 0.2) is 33.6 Å². The molecule has 20 heavy (non-hydrogen) atoms. The number of hydrogen-bond donors (Lipinski definition) is 1. The van der Waals surface area contributed by atoms with Gasteiger partial charge in [0.1, 0.15) is 0 Å². The van der Waals surface area contributed by atoms with E-state index < -0.39 is 9.84 Å². The zero-order chi connectivity index (χ0) is 14.6. The smallest absolute Gasteiger partial charge is 0.315 e. The average Bonchev–Trinajstić information content (AvgIpc) is 2.84. The molecule has 0 atom stereocenters. The minimum atomic E-state index is -3.16. The Labute approximate surface area is 122 Å². The van der Waals surface area contributed by atoms with E-state index in [1.807, 2.05) is 0 Å². The lowest BCUT2D eigenvalue weighted by Gasteiger charge is -2.03. The van der Waals surface area contributed by atoms with Crippen molar-refractivity contribution in [3.8, 4) is 0 Å². The van der Waals surface area contributed by atoms with Crippen LogP contribution in [0, 0.1) is 0 Å². The zero-order valence-corrected chi connectivity index (χ0v) is 12.4. The fourth-order valence-electron chi connectivity index (χ4n) is 1.54. The van der Waals surface area contributed by atoms with Crippen LogP contribution in [0.1, 0.15) is 11.5 Å². The third-order valence-corrected chi connectivity index (χ3v) is 3.89. The summed E-state index contributed by atoms with van der Waals surface area (Å²) in [6.45, 7) is 0.465. The van der Waals surface area contributed by atoms with E-state index in [1.165, 1.54) is 6.26 Å². The van der Waals surface area contributed by atoms with Crippen molar-refractivity contribution in [2.75, 3.05) is 17.5 Å². The highest BCUT2D eigenvalue weighted by atomic mass is 35.5. The Hall–Kier alpha value is -1.60. The number of nitrogens with zero attached hydrogens (tertiary/aromatic N) is 2. The molecule has 0 aliphatic carbocycles. The van der Waals surface area contributed by atoms with Crippen LogP contribution in [0.5, 0.6) is 0 Å². The van der Waals surface area contributed by atoms with Crippen LogP contribution in [-0.2, 0) is 22.8 Å². The topological polar surface area (TPSA) is 85.1 Å². The number of hydrogen-bond acceptors (Lipinski definition) is 6. The van der Waals surface area contributed by atoms with E-state index >= 15 is 0 Å². The Morgan fingerprint density at radius 3 is 2.55 bits per heavy atom. The molecule has 0 bridgehead atoms. The van der Waals surface area contributed by atoms with Gasteiger partial charge in [-0.05, 0) is 17.7 Å². The molecule has 0 saturated heterocycles. The third kappa shape index (κ3) is 3.94. The van der Waals surface area contributed by atoms with E-state index in [2.05, 4.69) is 15.5 Å². The summed E-state index contributed by atoms with van der Waals surface area (Å²) in [5.74, 6) is 0.907. The van der Waals surface area contributed by atoms with Crippen LogP contribution in [0.2, 0.25) is 0 Å². The number of halogens is 1. The Balaban J connectivity index is 1.96. The van der Waals surface area contributed by atoms with Crippen molar-refractivity contribution in [1.82, 2.24) is 10.2 Å². The molecule has 2 aromatic rings. The number of aromatic nitrogens is 2. The lowest BCUT2D eigenvalue weighted by molar-refractivity contribution is 0.512. The molecular weight excluding hydrogens is 302 g/mol. The minimum absolute atomic E-state index is 0.295. The summed E-state index contributed by atoms with van der Waals surface area (Å²) in [5.41, 5.74) is 0.912. The van der Waals surface area contributed by atoms with E-state index in [4.69, 9.17) is 16.0 Å². The molecule has 0 fully saturated rings. The Morgan fingerprint density at radius 2 is 1.95 bits per heavy atom. The first-order valence-corrected chi connectivity index (χ1v) is 8.33. The molecule has 1 N–H and O–H groups in total. The Morgan fingerprint density at radius 1 is 1.25 bits per heavy atom. The molecule has 8 heteroatoms. The molecule has 0 saturated carbocycles. The Bertz CT molecular complexity index is 668. The second-order valence-electron chi connectivity index (χ2n) is 4.21. The van der Waals surface area contributed by atoms with Crippen molar-refractivity contribution in [2.24, 2.45) is 0 Å². The summed E-state index contributed by atoms with van der Waals surface area (Å²) in [7, 11) is -3.16. The van der Waals surface area contributed by atoms with Gasteiger partial charge in [-0.1, -0.05) is 17.2 Å². The maximum Gasteiger partial charge on any atom is 0.315 e. The second-order valence-corrected chi connectivity index (χ2v) is 6.60. The molecule has 0 amide bonds. The van der Waals surface area contributed by atoms with Gasteiger partial charge in [-0.3, -0.25) is 0 Å². The number of nitrogens with one attached hydrogen (secondary N) is 1.